The van der Waals surface area contributed by atoms with Gasteiger partial charge >= 0.3 is 0 Å². The molecule has 2 aromatic rings. The summed E-state index contributed by atoms with van der Waals surface area (Å²) in [5.41, 5.74) is 0.942. The van der Waals surface area contributed by atoms with Crippen molar-refractivity contribution in [2.24, 2.45) is 0 Å². The molecule has 0 bridgehead atoms. The van der Waals surface area contributed by atoms with Crippen LogP contribution in [0.15, 0.2) is 46.7 Å². The molecule has 0 radical (unpaired) electrons. The third kappa shape index (κ3) is 1.99. The Labute approximate surface area is 96.8 Å². The standard InChI is InChI=1S/C11H13N3OS/c1-14(2)9-5-3-4-6-10(9)16(15)11-12-7-8-13-11/h3-8H,1-2H3,(H,12,13). The number of aromatic nitrogens is 2. The molecule has 16 heavy (non-hydrogen) atoms. The molecular formula is C11H13N3OS. The van der Waals surface area contributed by atoms with Gasteiger partial charge in [-0.2, -0.15) is 0 Å². The first kappa shape index (κ1) is 10.9. The van der Waals surface area contributed by atoms with Crippen LogP contribution < -0.4 is 4.90 Å². The van der Waals surface area contributed by atoms with E-state index in [9.17, 15) is 4.21 Å². The molecule has 1 aromatic carbocycles. The van der Waals surface area contributed by atoms with Gasteiger partial charge in [-0.1, -0.05) is 12.1 Å². The minimum atomic E-state index is -1.26. The van der Waals surface area contributed by atoms with Crippen LogP contribution in [-0.4, -0.2) is 28.3 Å². The molecule has 0 aliphatic carbocycles. The number of rotatable bonds is 3. The van der Waals surface area contributed by atoms with Crippen molar-refractivity contribution in [3.05, 3.63) is 36.7 Å². The fourth-order valence-corrected chi connectivity index (χ4v) is 2.62. The summed E-state index contributed by atoms with van der Waals surface area (Å²) in [6.07, 6.45) is 3.27. The van der Waals surface area contributed by atoms with Gasteiger partial charge in [0.15, 0.2) is 0 Å². The number of nitrogens with one attached hydrogen (secondary N) is 1. The highest BCUT2D eigenvalue weighted by atomic mass is 32.2. The first-order valence-corrected chi connectivity index (χ1v) is 6.02. The van der Waals surface area contributed by atoms with Crippen molar-refractivity contribution >= 4 is 16.5 Å². The molecule has 0 aliphatic rings. The smallest absolute Gasteiger partial charge is 0.201 e. The van der Waals surface area contributed by atoms with Gasteiger partial charge in [-0.05, 0) is 12.1 Å². The normalized spacial score (nSPS) is 12.4. The Balaban J connectivity index is 2.44. The molecule has 1 heterocycles. The van der Waals surface area contributed by atoms with Gasteiger partial charge in [-0.15, -0.1) is 0 Å². The average molecular weight is 235 g/mol. The lowest BCUT2D eigenvalue weighted by molar-refractivity contribution is 0.677. The molecule has 1 atom stereocenters. The minimum Gasteiger partial charge on any atom is -0.377 e. The Kier molecular flexibility index (Phi) is 3.05. The van der Waals surface area contributed by atoms with E-state index in [4.69, 9.17) is 0 Å². The summed E-state index contributed by atoms with van der Waals surface area (Å²) in [6, 6.07) is 7.60. The SMILES string of the molecule is CN(C)c1ccccc1S(=O)c1ncc[nH]1. The van der Waals surface area contributed by atoms with Crippen molar-refractivity contribution in [3.8, 4) is 0 Å². The predicted octanol–water partition coefficient (Wildman–Crippen LogP) is 1.64. The largest absolute Gasteiger partial charge is 0.377 e. The number of para-hydroxylation sites is 1. The Bertz CT molecular complexity index is 494. The van der Waals surface area contributed by atoms with E-state index in [1.54, 1.807) is 12.4 Å². The van der Waals surface area contributed by atoms with Crippen LogP contribution in [0.5, 0.6) is 0 Å². The maximum atomic E-state index is 12.2. The van der Waals surface area contributed by atoms with Gasteiger partial charge in [0.25, 0.3) is 0 Å². The van der Waals surface area contributed by atoms with Gasteiger partial charge in [-0.3, -0.25) is 0 Å². The number of H-pyrrole nitrogens is 1. The second-order valence-corrected chi connectivity index (χ2v) is 4.89. The third-order valence-corrected chi connectivity index (χ3v) is 3.51. The third-order valence-electron chi connectivity index (χ3n) is 2.20. The van der Waals surface area contributed by atoms with Crippen LogP contribution in [0.3, 0.4) is 0 Å². The molecule has 0 fully saturated rings. The van der Waals surface area contributed by atoms with Crippen molar-refractivity contribution in [1.82, 2.24) is 9.97 Å². The number of nitrogens with zero attached hydrogens (tertiary/aromatic N) is 2. The number of anilines is 1. The highest BCUT2D eigenvalue weighted by molar-refractivity contribution is 7.85. The van der Waals surface area contributed by atoms with Gasteiger partial charge in [0.05, 0.1) is 10.6 Å². The molecule has 1 unspecified atom stereocenters. The fraction of sp³-hybridized carbons (Fsp3) is 0.182. The topological polar surface area (TPSA) is 49.0 Å². The summed E-state index contributed by atoms with van der Waals surface area (Å²) in [4.78, 5) is 9.60. The van der Waals surface area contributed by atoms with E-state index < -0.39 is 10.8 Å². The highest BCUT2D eigenvalue weighted by Crippen LogP contribution is 2.24. The Hall–Kier alpha value is -1.62. The summed E-state index contributed by atoms with van der Waals surface area (Å²) in [6.45, 7) is 0. The zero-order valence-corrected chi connectivity index (χ0v) is 9.99. The summed E-state index contributed by atoms with van der Waals surface area (Å²) >= 11 is 0. The molecule has 5 heteroatoms. The first-order valence-electron chi connectivity index (χ1n) is 4.87. The summed E-state index contributed by atoms with van der Waals surface area (Å²) in [5, 5.41) is 0.481. The number of hydrogen-bond donors (Lipinski definition) is 1. The van der Waals surface area contributed by atoms with Crippen molar-refractivity contribution < 1.29 is 4.21 Å². The molecule has 0 aliphatic heterocycles. The second-order valence-electron chi connectivity index (χ2n) is 3.53. The van der Waals surface area contributed by atoms with Crippen LogP contribution in [-0.2, 0) is 10.8 Å². The van der Waals surface area contributed by atoms with Crippen LogP contribution >= 0.6 is 0 Å². The average Bonchev–Trinajstić information content (AvgIpc) is 2.81. The maximum absolute atomic E-state index is 12.2. The summed E-state index contributed by atoms with van der Waals surface area (Å²) in [5.74, 6) is 0. The lowest BCUT2D eigenvalue weighted by atomic mass is 10.3. The van der Waals surface area contributed by atoms with E-state index in [0.29, 0.717) is 5.16 Å². The lowest BCUT2D eigenvalue weighted by Crippen LogP contribution is -2.12. The van der Waals surface area contributed by atoms with Crippen LogP contribution in [0.1, 0.15) is 0 Å². The monoisotopic (exact) mass is 235 g/mol. The van der Waals surface area contributed by atoms with Gasteiger partial charge in [0.1, 0.15) is 10.8 Å². The van der Waals surface area contributed by atoms with Gasteiger partial charge < -0.3 is 9.88 Å². The maximum Gasteiger partial charge on any atom is 0.201 e. The molecule has 4 nitrogen and oxygen atoms in total. The number of benzene rings is 1. The van der Waals surface area contributed by atoms with Crippen LogP contribution in [0, 0.1) is 0 Å². The molecule has 1 aromatic heterocycles. The second kappa shape index (κ2) is 4.49. The van der Waals surface area contributed by atoms with Gasteiger partial charge in [-0.25, -0.2) is 9.19 Å². The molecule has 2 rings (SSSR count). The molecule has 0 amide bonds. The van der Waals surface area contributed by atoms with Crippen LogP contribution in [0.25, 0.3) is 0 Å². The Morgan fingerprint density at radius 3 is 2.69 bits per heavy atom. The molecule has 0 spiro atoms. The Morgan fingerprint density at radius 2 is 2.06 bits per heavy atom. The van der Waals surface area contributed by atoms with Crippen molar-refractivity contribution in [3.63, 3.8) is 0 Å². The van der Waals surface area contributed by atoms with Crippen LogP contribution in [0.4, 0.5) is 5.69 Å². The van der Waals surface area contributed by atoms with Crippen molar-refractivity contribution in [2.45, 2.75) is 10.1 Å². The number of imidazole rings is 1. The van der Waals surface area contributed by atoms with E-state index in [2.05, 4.69) is 9.97 Å². The first-order chi connectivity index (χ1) is 7.70. The molecule has 0 saturated carbocycles. The molecular weight excluding hydrogens is 222 g/mol. The van der Waals surface area contributed by atoms with Crippen molar-refractivity contribution in [2.75, 3.05) is 19.0 Å². The summed E-state index contributed by atoms with van der Waals surface area (Å²) in [7, 11) is 2.60. The highest BCUT2D eigenvalue weighted by Gasteiger charge is 2.14. The van der Waals surface area contributed by atoms with E-state index >= 15 is 0 Å². The Morgan fingerprint density at radius 1 is 1.31 bits per heavy atom. The zero-order valence-electron chi connectivity index (χ0n) is 9.18. The fourth-order valence-electron chi connectivity index (χ4n) is 1.44. The molecule has 84 valence electrons. The van der Waals surface area contributed by atoms with Crippen molar-refractivity contribution in [1.29, 1.82) is 0 Å². The van der Waals surface area contributed by atoms with E-state index in [1.165, 1.54) is 0 Å². The van der Waals surface area contributed by atoms with Gasteiger partial charge in [0.2, 0.25) is 5.16 Å². The number of hydrogen-bond acceptors (Lipinski definition) is 3. The molecule has 1 N–H and O–H groups in total. The minimum absolute atomic E-state index is 0.481. The van der Waals surface area contributed by atoms with E-state index in [-0.39, 0.29) is 0 Å². The van der Waals surface area contributed by atoms with Crippen LogP contribution in [0.2, 0.25) is 0 Å². The summed E-state index contributed by atoms with van der Waals surface area (Å²) < 4.78 is 12.2. The van der Waals surface area contributed by atoms with Gasteiger partial charge in [0, 0.05) is 26.5 Å². The molecule has 0 saturated heterocycles. The van der Waals surface area contributed by atoms with E-state index in [1.807, 2.05) is 43.3 Å². The number of aromatic amines is 1. The quantitative estimate of drug-likeness (QED) is 0.880. The lowest BCUT2D eigenvalue weighted by Gasteiger charge is -2.15. The van der Waals surface area contributed by atoms with E-state index in [0.717, 1.165) is 10.6 Å². The predicted molar refractivity (Wildman–Crippen MR) is 64.0 cm³/mol. The zero-order chi connectivity index (χ0) is 11.5.